The molecule has 0 fully saturated rings. The Morgan fingerprint density at radius 2 is 2.06 bits per heavy atom. The second-order valence-electron chi connectivity index (χ2n) is 3.10. The second-order valence-corrected chi connectivity index (χ2v) is 3.53. The van der Waals surface area contributed by atoms with E-state index in [2.05, 4.69) is 4.98 Å². The van der Waals surface area contributed by atoms with Crippen LogP contribution in [0.1, 0.15) is 10.4 Å². The van der Waals surface area contributed by atoms with E-state index in [9.17, 15) is 4.79 Å². The van der Waals surface area contributed by atoms with Gasteiger partial charge < -0.3 is 4.74 Å². The van der Waals surface area contributed by atoms with E-state index in [4.69, 9.17) is 16.3 Å². The van der Waals surface area contributed by atoms with Crippen molar-refractivity contribution in [2.45, 2.75) is 0 Å². The molecule has 4 heteroatoms. The van der Waals surface area contributed by atoms with E-state index in [0.717, 1.165) is 6.29 Å². The van der Waals surface area contributed by atoms with Gasteiger partial charge in [0.1, 0.15) is 11.5 Å². The number of aromatic nitrogens is 1. The molecule has 0 atom stereocenters. The van der Waals surface area contributed by atoms with Gasteiger partial charge in [-0.05, 0) is 12.1 Å². The Morgan fingerprint density at radius 3 is 2.81 bits per heavy atom. The Labute approximate surface area is 97.7 Å². The summed E-state index contributed by atoms with van der Waals surface area (Å²) < 4.78 is 5.50. The molecule has 1 aromatic heterocycles. The summed E-state index contributed by atoms with van der Waals surface area (Å²) in [6.07, 6.45) is 3.79. The highest BCUT2D eigenvalue weighted by Crippen LogP contribution is 2.25. The maximum Gasteiger partial charge on any atom is 0.153 e. The third-order valence-electron chi connectivity index (χ3n) is 1.95. The predicted octanol–water partition coefficient (Wildman–Crippen LogP) is 3.34. The summed E-state index contributed by atoms with van der Waals surface area (Å²) >= 11 is 5.77. The minimum atomic E-state index is 0.487. The molecular formula is C12H8ClNO2. The van der Waals surface area contributed by atoms with Gasteiger partial charge >= 0.3 is 0 Å². The molecule has 0 saturated carbocycles. The number of hydrogen-bond acceptors (Lipinski definition) is 3. The zero-order chi connectivity index (χ0) is 11.4. The highest BCUT2D eigenvalue weighted by Gasteiger charge is 2.03. The quantitative estimate of drug-likeness (QED) is 0.764. The minimum absolute atomic E-state index is 0.487. The van der Waals surface area contributed by atoms with Gasteiger partial charge in [0.05, 0.1) is 16.8 Å². The van der Waals surface area contributed by atoms with Crippen molar-refractivity contribution in [3.05, 3.63) is 53.3 Å². The molecule has 3 nitrogen and oxygen atoms in total. The zero-order valence-electron chi connectivity index (χ0n) is 8.26. The maximum atomic E-state index is 10.8. The van der Waals surface area contributed by atoms with E-state index in [1.165, 1.54) is 12.4 Å². The molecule has 0 radical (unpaired) electrons. The largest absolute Gasteiger partial charge is 0.455 e. The number of para-hydroxylation sites is 1. The van der Waals surface area contributed by atoms with E-state index in [1.54, 1.807) is 30.3 Å². The molecular weight excluding hydrogens is 226 g/mol. The summed E-state index contributed by atoms with van der Waals surface area (Å²) in [5.41, 5.74) is 0.488. The van der Waals surface area contributed by atoms with Crippen molar-refractivity contribution < 1.29 is 9.53 Å². The van der Waals surface area contributed by atoms with Crippen LogP contribution in [0.3, 0.4) is 0 Å². The van der Waals surface area contributed by atoms with Crippen molar-refractivity contribution in [2.75, 3.05) is 0 Å². The van der Waals surface area contributed by atoms with Crippen molar-refractivity contribution in [2.24, 2.45) is 0 Å². The first-order chi connectivity index (χ1) is 7.79. The Kier molecular flexibility index (Phi) is 3.17. The number of rotatable bonds is 3. The van der Waals surface area contributed by atoms with Crippen molar-refractivity contribution in [1.82, 2.24) is 4.98 Å². The number of ether oxygens (including phenoxy) is 1. The molecule has 2 aromatic rings. The molecule has 0 saturated heterocycles. The highest BCUT2D eigenvalue weighted by molar-refractivity contribution is 6.30. The molecule has 0 aliphatic rings. The molecule has 0 aliphatic heterocycles. The monoisotopic (exact) mass is 233 g/mol. The van der Waals surface area contributed by atoms with Gasteiger partial charge in [0.15, 0.2) is 6.29 Å². The number of carbonyl (C=O) groups excluding carboxylic acids is 1. The third kappa shape index (κ3) is 2.38. The molecule has 1 heterocycles. The number of pyridine rings is 1. The number of aldehydes is 1. The van der Waals surface area contributed by atoms with Crippen LogP contribution in [-0.2, 0) is 0 Å². The normalized spacial score (nSPS) is 9.81. The number of nitrogens with zero attached hydrogens (tertiary/aromatic N) is 1. The lowest BCUT2D eigenvalue weighted by Crippen LogP contribution is -1.90. The Hall–Kier alpha value is -1.87. The lowest BCUT2D eigenvalue weighted by atomic mass is 10.2. The van der Waals surface area contributed by atoms with Gasteiger partial charge in [0, 0.05) is 12.3 Å². The van der Waals surface area contributed by atoms with Gasteiger partial charge in [-0.1, -0.05) is 23.7 Å². The van der Waals surface area contributed by atoms with E-state index in [1.807, 2.05) is 0 Å². The zero-order valence-corrected chi connectivity index (χ0v) is 9.02. The highest BCUT2D eigenvalue weighted by atomic mass is 35.5. The topological polar surface area (TPSA) is 39.2 Å². The SMILES string of the molecule is O=Cc1ccccc1Oc1cncc(Cl)c1. The van der Waals surface area contributed by atoms with Crippen LogP contribution in [0.25, 0.3) is 0 Å². The fourth-order valence-corrected chi connectivity index (χ4v) is 1.41. The first-order valence-corrected chi connectivity index (χ1v) is 5.00. The average molecular weight is 234 g/mol. The summed E-state index contributed by atoms with van der Waals surface area (Å²) in [6.45, 7) is 0. The predicted molar refractivity (Wildman–Crippen MR) is 61.2 cm³/mol. The van der Waals surface area contributed by atoms with Gasteiger partial charge in [-0.25, -0.2) is 0 Å². The van der Waals surface area contributed by atoms with Crippen LogP contribution in [-0.4, -0.2) is 11.3 Å². The Morgan fingerprint density at radius 1 is 1.25 bits per heavy atom. The fourth-order valence-electron chi connectivity index (χ4n) is 1.25. The third-order valence-corrected chi connectivity index (χ3v) is 2.16. The van der Waals surface area contributed by atoms with Gasteiger partial charge in [0.25, 0.3) is 0 Å². The summed E-state index contributed by atoms with van der Waals surface area (Å²) in [5.74, 6) is 0.989. The van der Waals surface area contributed by atoms with Crippen molar-refractivity contribution in [3.63, 3.8) is 0 Å². The molecule has 0 amide bonds. The molecule has 0 aliphatic carbocycles. The van der Waals surface area contributed by atoms with E-state index < -0.39 is 0 Å². The molecule has 80 valence electrons. The van der Waals surface area contributed by atoms with E-state index >= 15 is 0 Å². The van der Waals surface area contributed by atoms with Gasteiger partial charge in [-0.3, -0.25) is 9.78 Å². The number of halogens is 1. The molecule has 1 aromatic carbocycles. The molecule has 16 heavy (non-hydrogen) atoms. The molecule has 0 bridgehead atoms. The van der Waals surface area contributed by atoms with Gasteiger partial charge in [-0.15, -0.1) is 0 Å². The second kappa shape index (κ2) is 4.77. The first kappa shape index (κ1) is 10.6. The van der Waals surface area contributed by atoms with Crippen molar-refractivity contribution >= 4 is 17.9 Å². The van der Waals surface area contributed by atoms with Crippen LogP contribution in [0.4, 0.5) is 0 Å². The van der Waals surface area contributed by atoms with Gasteiger partial charge in [-0.2, -0.15) is 0 Å². The van der Waals surface area contributed by atoms with Crippen molar-refractivity contribution in [3.8, 4) is 11.5 Å². The van der Waals surface area contributed by atoms with Crippen LogP contribution in [0, 0.1) is 0 Å². The number of benzene rings is 1. The standard InChI is InChI=1S/C12H8ClNO2/c13-10-5-11(7-14-6-10)16-12-4-2-1-3-9(12)8-15/h1-8H. The Bertz CT molecular complexity index is 514. The lowest BCUT2D eigenvalue weighted by molar-refractivity contribution is 0.112. The lowest BCUT2D eigenvalue weighted by Gasteiger charge is -2.06. The van der Waals surface area contributed by atoms with E-state index in [-0.39, 0.29) is 0 Å². The molecule has 0 spiro atoms. The van der Waals surface area contributed by atoms with Gasteiger partial charge in [0.2, 0.25) is 0 Å². The Balaban J connectivity index is 2.30. The van der Waals surface area contributed by atoms with Crippen LogP contribution in [0.15, 0.2) is 42.7 Å². The average Bonchev–Trinajstić information content (AvgIpc) is 2.30. The number of carbonyl (C=O) groups is 1. The first-order valence-electron chi connectivity index (χ1n) is 4.62. The smallest absolute Gasteiger partial charge is 0.153 e. The van der Waals surface area contributed by atoms with Crippen LogP contribution >= 0.6 is 11.6 Å². The fraction of sp³-hybridized carbons (Fsp3) is 0. The van der Waals surface area contributed by atoms with E-state index in [0.29, 0.717) is 22.1 Å². The minimum Gasteiger partial charge on any atom is -0.455 e. The summed E-state index contributed by atoms with van der Waals surface area (Å²) in [4.78, 5) is 14.7. The van der Waals surface area contributed by atoms with Crippen LogP contribution in [0.2, 0.25) is 5.02 Å². The molecule has 0 unspecified atom stereocenters. The number of hydrogen-bond donors (Lipinski definition) is 0. The molecule has 0 N–H and O–H groups in total. The summed E-state index contributed by atoms with van der Waals surface area (Å²) in [5, 5.41) is 0.487. The molecule has 2 rings (SSSR count). The van der Waals surface area contributed by atoms with Crippen molar-refractivity contribution in [1.29, 1.82) is 0 Å². The summed E-state index contributed by atoms with van der Waals surface area (Å²) in [6, 6.07) is 8.59. The maximum absolute atomic E-state index is 10.8. The van der Waals surface area contributed by atoms with Crippen LogP contribution < -0.4 is 4.74 Å². The van der Waals surface area contributed by atoms with Crippen LogP contribution in [0.5, 0.6) is 11.5 Å². The summed E-state index contributed by atoms with van der Waals surface area (Å²) in [7, 11) is 0.